The lowest BCUT2D eigenvalue weighted by atomic mass is 9.97. The monoisotopic (exact) mass is 336 g/mol. The zero-order valence-corrected chi connectivity index (χ0v) is 14.6. The number of rotatable bonds is 5. The summed E-state index contributed by atoms with van der Waals surface area (Å²) < 4.78 is 0. The molecule has 0 unspecified atom stereocenters. The summed E-state index contributed by atoms with van der Waals surface area (Å²) in [6.45, 7) is 5.96. The predicted octanol–water partition coefficient (Wildman–Crippen LogP) is 2.89. The van der Waals surface area contributed by atoms with Gasteiger partial charge in [-0.1, -0.05) is 37.6 Å². The van der Waals surface area contributed by atoms with Crippen LogP contribution in [0.15, 0.2) is 24.3 Å². The standard InChI is InChI=1S/C18H25ClN2O2/c1-13(2)18(23)20-11-15-4-3-9-21(12-15)17(22)10-14-5-7-16(19)8-6-14/h5-8,13,15H,3-4,9-12H2,1-2H3,(H,20,23)/t15-/m1/s1. The van der Waals surface area contributed by atoms with Crippen LogP contribution in [-0.2, 0) is 16.0 Å². The van der Waals surface area contributed by atoms with E-state index in [1.54, 1.807) is 0 Å². The van der Waals surface area contributed by atoms with E-state index in [0.717, 1.165) is 31.5 Å². The number of carbonyl (C=O) groups excluding carboxylic acids is 2. The van der Waals surface area contributed by atoms with Gasteiger partial charge in [0, 0.05) is 30.6 Å². The highest BCUT2D eigenvalue weighted by Gasteiger charge is 2.24. The lowest BCUT2D eigenvalue weighted by Gasteiger charge is -2.33. The zero-order chi connectivity index (χ0) is 16.8. The number of likely N-dealkylation sites (tertiary alicyclic amines) is 1. The Labute approximate surface area is 143 Å². The van der Waals surface area contributed by atoms with Crippen LogP contribution in [0.3, 0.4) is 0 Å². The fourth-order valence-corrected chi connectivity index (χ4v) is 2.92. The first-order valence-corrected chi connectivity index (χ1v) is 8.63. The first kappa shape index (κ1) is 17.8. The normalized spacial score (nSPS) is 18.1. The zero-order valence-electron chi connectivity index (χ0n) is 13.8. The van der Waals surface area contributed by atoms with Crippen molar-refractivity contribution in [2.45, 2.75) is 33.1 Å². The molecule has 5 heteroatoms. The average molecular weight is 337 g/mol. The highest BCUT2D eigenvalue weighted by molar-refractivity contribution is 6.30. The molecule has 1 heterocycles. The molecule has 2 rings (SSSR count). The lowest BCUT2D eigenvalue weighted by Crippen LogP contribution is -2.44. The van der Waals surface area contributed by atoms with E-state index in [1.165, 1.54) is 0 Å². The Bertz CT molecular complexity index is 542. The first-order valence-electron chi connectivity index (χ1n) is 8.25. The Morgan fingerprint density at radius 3 is 2.65 bits per heavy atom. The molecule has 0 bridgehead atoms. The Balaban J connectivity index is 1.83. The molecule has 1 aromatic rings. The fraction of sp³-hybridized carbons (Fsp3) is 0.556. The Morgan fingerprint density at radius 1 is 1.30 bits per heavy atom. The van der Waals surface area contributed by atoms with Gasteiger partial charge in [0.1, 0.15) is 0 Å². The van der Waals surface area contributed by atoms with Crippen LogP contribution in [-0.4, -0.2) is 36.3 Å². The molecule has 0 spiro atoms. The number of hydrogen-bond donors (Lipinski definition) is 1. The summed E-state index contributed by atoms with van der Waals surface area (Å²) in [6, 6.07) is 7.41. The van der Waals surface area contributed by atoms with Gasteiger partial charge in [-0.3, -0.25) is 9.59 Å². The molecule has 0 aliphatic carbocycles. The van der Waals surface area contributed by atoms with Gasteiger partial charge < -0.3 is 10.2 Å². The van der Waals surface area contributed by atoms with Crippen LogP contribution in [0.25, 0.3) is 0 Å². The fourth-order valence-electron chi connectivity index (χ4n) is 2.80. The Kier molecular flexibility index (Phi) is 6.46. The molecular weight excluding hydrogens is 312 g/mol. The molecular formula is C18H25ClN2O2. The van der Waals surface area contributed by atoms with Crippen LogP contribution in [0, 0.1) is 11.8 Å². The summed E-state index contributed by atoms with van der Waals surface area (Å²) in [6.07, 6.45) is 2.46. The summed E-state index contributed by atoms with van der Waals surface area (Å²) >= 11 is 5.87. The number of piperidine rings is 1. The third kappa shape index (κ3) is 5.54. The molecule has 1 fully saturated rings. The van der Waals surface area contributed by atoms with Gasteiger partial charge in [0.05, 0.1) is 6.42 Å². The second-order valence-corrected chi connectivity index (χ2v) is 6.99. The van der Waals surface area contributed by atoms with Crippen molar-refractivity contribution >= 4 is 23.4 Å². The van der Waals surface area contributed by atoms with Crippen LogP contribution < -0.4 is 5.32 Å². The molecule has 2 amide bonds. The molecule has 1 aromatic carbocycles. The third-order valence-corrected chi connectivity index (χ3v) is 4.48. The molecule has 4 nitrogen and oxygen atoms in total. The minimum Gasteiger partial charge on any atom is -0.356 e. The topological polar surface area (TPSA) is 49.4 Å². The van der Waals surface area contributed by atoms with Gasteiger partial charge in [-0.2, -0.15) is 0 Å². The Hall–Kier alpha value is -1.55. The van der Waals surface area contributed by atoms with Crippen molar-refractivity contribution in [2.75, 3.05) is 19.6 Å². The number of benzene rings is 1. The first-order chi connectivity index (χ1) is 11.0. The van der Waals surface area contributed by atoms with Gasteiger partial charge in [0.15, 0.2) is 0 Å². The molecule has 1 N–H and O–H groups in total. The second kappa shape index (κ2) is 8.34. The van der Waals surface area contributed by atoms with Gasteiger partial charge in [0.25, 0.3) is 0 Å². The van der Waals surface area contributed by atoms with Crippen molar-refractivity contribution in [3.8, 4) is 0 Å². The van der Waals surface area contributed by atoms with Gasteiger partial charge in [-0.05, 0) is 36.5 Å². The van der Waals surface area contributed by atoms with Crippen LogP contribution in [0.5, 0.6) is 0 Å². The smallest absolute Gasteiger partial charge is 0.226 e. The minimum atomic E-state index is 0.00114. The molecule has 1 aliphatic rings. The molecule has 1 saturated heterocycles. The number of halogens is 1. The van der Waals surface area contributed by atoms with E-state index in [1.807, 2.05) is 43.0 Å². The van der Waals surface area contributed by atoms with Gasteiger partial charge in [0.2, 0.25) is 11.8 Å². The maximum absolute atomic E-state index is 12.4. The van der Waals surface area contributed by atoms with Crippen LogP contribution in [0.4, 0.5) is 0 Å². The largest absolute Gasteiger partial charge is 0.356 e. The van der Waals surface area contributed by atoms with Gasteiger partial charge >= 0.3 is 0 Å². The molecule has 126 valence electrons. The van der Waals surface area contributed by atoms with Crippen molar-refractivity contribution in [3.05, 3.63) is 34.9 Å². The number of nitrogens with one attached hydrogen (secondary N) is 1. The SMILES string of the molecule is CC(C)C(=O)NC[C@H]1CCCN(C(=O)Cc2ccc(Cl)cc2)C1. The number of carbonyl (C=O) groups is 2. The van der Waals surface area contributed by atoms with E-state index in [4.69, 9.17) is 11.6 Å². The van der Waals surface area contributed by atoms with E-state index in [2.05, 4.69) is 5.32 Å². The Morgan fingerprint density at radius 2 is 2.00 bits per heavy atom. The summed E-state index contributed by atoms with van der Waals surface area (Å²) in [5.41, 5.74) is 0.981. The second-order valence-electron chi connectivity index (χ2n) is 6.55. The third-order valence-electron chi connectivity index (χ3n) is 4.23. The summed E-state index contributed by atoms with van der Waals surface area (Å²) in [5, 5.41) is 3.66. The minimum absolute atomic E-state index is 0.00114. The van der Waals surface area contributed by atoms with E-state index >= 15 is 0 Å². The van der Waals surface area contributed by atoms with Crippen molar-refractivity contribution in [3.63, 3.8) is 0 Å². The van der Waals surface area contributed by atoms with Crippen molar-refractivity contribution in [2.24, 2.45) is 11.8 Å². The molecule has 1 aliphatic heterocycles. The molecule has 23 heavy (non-hydrogen) atoms. The number of hydrogen-bond acceptors (Lipinski definition) is 2. The van der Waals surface area contributed by atoms with E-state index in [0.29, 0.717) is 23.9 Å². The van der Waals surface area contributed by atoms with Crippen LogP contribution in [0.1, 0.15) is 32.3 Å². The predicted molar refractivity (Wildman–Crippen MR) is 92.3 cm³/mol. The average Bonchev–Trinajstić information content (AvgIpc) is 2.54. The van der Waals surface area contributed by atoms with Gasteiger partial charge in [-0.25, -0.2) is 0 Å². The summed E-state index contributed by atoms with van der Waals surface area (Å²) in [4.78, 5) is 26.0. The van der Waals surface area contributed by atoms with Gasteiger partial charge in [-0.15, -0.1) is 0 Å². The molecule has 1 atom stereocenters. The highest BCUT2D eigenvalue weighted by atomic mass is 35.5. The molecule has 0 radical (unpaired) electrons. The maximum Gasteiger partial charge on any atom is 0.226 e. The van der Waals surface area contributed by atoms with Crippen molar-refractivity contribution < 1.29 is 9.59 Å². The van der Waals surface area contributed by atoms with E-state index in [9.17, 15) is 9.59 Å². The maximum atomic E-state index is 12.4. The molecule has 0 saturated carbocycles. The number of nitrogens with zero attached hydrogens (tertiary/aromatic N) is 1. The lowest BCUT2D eigenvalue weighted by molar-refractivity contribution is -0.132. The quantitative estimate of drug-likeness (QED) is 0.898. The number of amides is 2. The van der Waals surface area contributed by atoms with E-state index < -0.39 is 0 Å². The summed E-state index contributed by atoms with van der Waals surface area (Å²) in [5.74, 6) is 0.573. The molecule has 0 aromatic heterocycles. The van der Waals surface area contributed by atoms with Crippen molar-refractivity contribution in [1.82, 2.24) is 10.2 Å². The summed E-state index contributed by atoms with van der Waals surface area (Å²) in [7, 11) is 0. The van der Waals surface area contributed by atoms with Crippen LogP contribution in [0.2, 0.25) is 5.02 Å². The highest BCUT2D eigenvalue weighted by Crippen LogP contribution is 2.18. The van der Waals surface area contributed by atoms with Crippen molar-refractivity contribution in [1.29, 1.82) is 0 Å². The van der Waals surface area contributed by atoms with Crippen LogP contribution >= 0.6 is 11.6 Å². The van der Waals surface area contributed by atoms with E-state index in [-0.39, 0.29) is 17.7 Å².